The van der Waals surface area contributed by atoms with E-state index in [2.05, 4.69) is 15.7 Å². The van der Waals surface area contributed by atoms with Crippen molar-refractivity contribution in [3.05, 3.63) is 66.0 Å². The van der Waals surface area contributed by atoms with E-state index in [0.29, 0.717) is 17.8 Å². The summed E-state index contributed by atoms with van der Waals surface area (Å²) < 4.78 is 1.77. The number of amides is 2. The Balaban J connectivity index is 1.66. The van der Waals surface area contributed by atoms with Gasteiger partial charge >= 0.3 is 0 Å². The fourth-order valence-corrected chi connectivity index (χ4v) is 2.31. The number of anilines is 1. The summed E-state index contributed by atoms with van der Waals surface area (Å²) in [5.41, 5.74) is 3.12. The average molecular weight is 308 g/mol. The van der Waals surface area contributed by atoms with E-state index in [9.17, 15) is 9.59 Å². The molecule has 0 aliphatic carbocycles. The number of fused-ring (bicyclic) bond motifs is 1. The molecule has 0 spiro atoms. The first-order valence-electron chi connectivity index (χ1n) is 7.20. The van der Waals surface area contributed by atoms with Gasteiger partial charge in [-0.25, -0.2) is 4.52 Å². The van der Waals surface area contributed by atoms with Gasteiger partial charge in [-0.15, -0.1) is 0 Å². The number of benzene rings is 1. The lowest BCUT2D eigenvalue weighted by molar-refractivity contribution is -0.114. The van der Waals surface area contributed by atoms with Crippen LogP contribution in [0.1, 0.15) is 22.8 Å². The van der Waals surface area contributed by atoms with E-state index in [1.807, 2.05) is 24.4 Å². The fourth-order valence-electron chi connectivity index (χ4n) is 2.31. The first-order chi connectivity index (χ1) is 11.1. The van der Waals surface area contributed by atoms with Gasteiger partial charge in [-0.3, -0.25) is 9.59 Å². The number of hydrogen-bond acceptors (Lipinski definition) is 3. The van der Waals surface area contributed by atoms with Crippen molar-refractivity contribution in [1.29, 1.82) is 0 Å². The Labute approximate surface area is 133 Å². The molecule has 3 aromatic rings. The molecule has 2 amide bonds. The van der Waals surface area contributed by atoms with E-state index in [-0.39, 0.29) is 11.8 Å². The molecule has 6 nitrogen and oxygen atoms in total. The Morgan fingerprint density at radius 3 is 2.65 bits per heavy atom. The number of carbonyl (C=O) groups excluding carboxylic acids is 2. The molecule has 116 valence electrons. The molecule has 0 saturated heterocycles. The summed E-state index contributed by atoms with van der Waals surface area (Å²) in [6.45, 7) is 1.84. The molecule has 0 atom stereocenters. The van der Waals surface area contributed by atoms with Gasteiger partial charge in [0.25, 0.3) is 5.91 Å². The highest BCUT2D eigenvalue weighted by atomic mass is 16.2. The zero-order chi connectivity index (χ0) is 16.2. The molecule has 0 bridgehead atoms. The maximum Gasteiger partial charge on any atom is 0.251 e. The summed E-state index contributed by atoms with van der Waals surface area (Å²) in [4.78, 5) is 23.2. The molecular weight excluding hydrogens is 292 g/mol. The van der Waals surface area contributed by atoms with Crippen LogP contribution in [0.5, 0.6) is 0 Å². The van der Waals surface area contributed by atoms with Crippen molar-refractivity contribution in [2.24, 2.45) is 0 Å². The van der Waals surface area contributed by atoms with Gasteiger partial charge in [0.2, 0.25) is 5.91 Å². The average Bonchev–Trinajstić information content (AvgIpc) is 2.96. The lowest BCUT2D eigenvalue weighted by Crippen LogP contribution is -2.22. The van der Waals surface area contributed by atoms with Crippen molar-refractivity contribution in [2.75, 3.05) is 5.32 Å². The number of nitrogens with one attached hydrogen (secondary N) is 2. The van der Waals surface area contributed by atoms with Crippen molar-refractivity contribution in [1.82, 2.24) is 14.9 Å². The van der Waals surface area contributed by atoms with Crippen LogP contribution in [0, 0.1) is 0 Å². The Hall–Kier alpha value is -3.15. The minimum absolute atomic E-state index is 0.143. The van der Waals surface area contributed by atoms with Gasteiger partial charge in [0, 0.05) is 36.5 Å². The maximum atomic E-state index is 12.2. The van der Waals surface area contributed by atoms with Crippen LogP contribution in [0.3, 0.4) is 0 Å². The Morgan fingerprint density at radius 1 is 1.13 bits per heavy atom. The summed E-state index contributed by atoms with van der Waals surface area (Å²) in [6, 6.07) is 12.5. The summed E-state index contributed by atoms with van der Waals surface area (Å²) >= 11 is 0. The quantitative estimate of drug-likeness (QED) is 0.776. The van der Waals surface area contributed by atoms with Gasteiger partial charge in [-0.1, -0.05) is 6.07 Å². The van der Waals surface area contributed by atoms with Gasteiger partial charge in [0.15, 0.2) is 0 Å². The second-order valence-corrected chi connectivity index (χ2v) is 5.14. The SMILES string of the molecule is CC(=O)Nc1ccc(C(=O)NCc2cnn3ccccc23)cc1. The minimum atomic E-state index is -0.172. The van der Waals surface area contributed by atoms with Crippen LogP contribution < -0.4 is 10.6 Å². The van der Waals surface area contributed by atoms with Gasteiger partial charge in [0.05, 0.1) is 11.7 Å². The number of hydrogen-bond donors (Lipinski definition) is 2. The third-order valence-corrected chi connectivity index (χ3v) is 3.41. The zero-order valence-corrected chi connectivity index (χ0v) is 12.6. The predicted octanol–water partition coefficient (Wildman–Crippen LogP) is 2.22. The standard InChI is InChI=1S/C17H16N4O2/c1-12(22)20-15-7-5-13(6-8-15)17(23)18-10-14-11-19-21-9-3-2-4-16(14)21/h2-9,11H,10H2,1H3,(H,18,23)(H,20,22). The Morgan fingerprint density at radius 2 is 1.91 bits per heavy atom. The molecule has 2 aromatic heterocycles. The van der Waals surface area contributed by atoms with E-state index in [1.165, 1.54) is 6.92 Å². The van der Waals surface area contributed by atoms with E-state index in [0.717, 1.165) is 11.1 Å². The highest BCUT2D eigenvalue weighted by Crippen LogP contribution is 2.11. The summed E-state index contributed by atoms with van der Waals surface area (Å²) in [5, 5.41) is 9.77. The molecule has 0 unspecified atom stereocenters. The highest BCUT2D eigenvalue weighted by Gasteiger charge is 2.08. The van der Waals surface area contributed by atoms with E-state index >= 15 is 0 Å². The molecule has 1 aromatic carbocycles. The van der Waals surface area contributed by atoms with E-state index in [4.69, 9.17) is 0 Å². The summed E-state index contributed by atoms with van der Waals surface area (Å²) in [6.07, 6.45) is 3.61. The molecule has 2 N–H and O–H groups in total. The fraction of sp³-hybridized carbons (Fsp3) is 0.118. The van der Waals surface area contributed by atoms with E-state index < -0.39 is 0 Å². The monoisotopic (exact) mass is 308 g/mol. The molecule has 0 radical (unpaired) electrons. The summed E-state index contributed by atoms with van der Waals surface area (Å²) in [5.74, 6) is -0.315. The van der Waals surface area contributed by atoms with Crippen LogP contribution in [-0.2, 0) is 11.3 Å². The van der Waals surface area contributed by atoms with Crippen LogP contribution in [-0.4, -0.2) is 21.4 Å². The lowest BCUT2D eigenvalue weighted by Gasteiger charge is -2.06. The smallest absolute Gasteiger partial charge is 0.251 e. The number of carbonyl (C=O) groups is 2. The number of aromatic nitrogens is 2. The largest absolute Gasteiger partial charge is 0.348 e. The first kappa shape index (κ1) is 14.8. The molecule has 0 aliphatic rings. The van der Waals surface area contributed by atoms with Gasteiger partial charge < -0.3 is 10.6 Å². The third-order valence-electron chi connectivity index (χ3n) is 3.41. The molecule has 0 aliphatic heterocycles. The Bertz CT molecular complexity index is 852. The second-order valence-electron chi connectivity index (χ2n) is 5.14. The van der Waals surface area contributed by atoms with Gasteiger partial charge in [0.1, 0.15) is 0 Å². The van der Waals surface area contributed by atoms with Crippen LogP contribution in [0.25, 0.3) is 5.52 Å². The topological polar surface area (TPSA) is 75.5 Å². The highest BCUT2D eigenvalue weighted by molar-refractivity contribution is 5.95. The minimum Gasteiger partial charge on any atom is -0.348 e. The third kappa shape index (κ3) is 3.37. The number of nitrogens with zero attached hydrogens (tertiary/aromatic N) is 2. The molecule has 0 saturated carbocycles. The van der Waals surface area contributed by atoms with Crippen molar-refractivity contribution in [3.8, 4) is 0 Å². The number of pyridine rings is 1. The molecule has 6 heteroatoms. The molecule has 0 fully saturated rings. The number of rotatable bonds is 4. The van der Waals surface area contributed by atoms with Crippen LogP contribution in [0.2, 0.25) is 0 Å². The predicted molar refractivity (Wildman–Crippen MR) is 87.1 cm³/mol. The van der Waals surface area contributed by atoms with E-state index in [1.54, 1.807) is 35.0 Å². The van der Waals surface area contributed by atoms with Crippen molar-refractivity contribution in [2.45, 2.75) is 13.5 Å². The molecule has 3 rings (SSSR count). The second kappa shape index (κ2) is 6.31. The van der Waals surface area contributed by atoms with Crippen LogP contribution in [0.4, 0.5) is 5.69 Å². The van der Waals surface area contributed by atoms with Gasteiger partial charge in [-0.05, 0) is 36.4 Å². The van der Waals surface area contributed by atoms with Crippen molar-refractivity contribution < 1.29 is 9.59 Å². The van der Waals surface area contributed by atoms with Gasteiger partial charge in [-0.2, -0.15) is 5.10 Å². The maximum absolute atomic E-state index is 12.2. The molecule has 2 heterocycles. The normalized spacial score (nSPS) is 10.5. The van der Waals surface area contributed by atoms with Crippen LogP contribution in [0.15, 0.2) is 54.9 Å². The van der Waals surface area contributed by atoms with Crippen molar-refractivity contribution in [3.63, 3.8) is 0 Å². The molecular formula is C17H16N4O2. The first-order valence-corrected chi connectivity index (χ1v) is 7.20. The Kier molecular flexibility index (Phi) is 4.05. The zero-order valence-electron chi connectivity index (χ0n) is 12.6. The summed E-state index contributed by atoms with van der Waals surface area (Å²) in [7, 11) is 0. The lowest BCUT2D eigenvalue weighted by atomic mass is 10.2. The molecule has 23 heavy (non-hydrogen) atoms. The van der Waals surface area contributed by atoms with Crippen LogP contribution >= 0.6 is 0 Å². The van der Waals surface area contributed by atoms with Crippen molar-refractivity contribution >= 4 is 23.0 Å².